The number of rotatable bonds is 3. The number of benzene rings is 1. The lowest BCUT2D eigenvalue weighted by atomic mass is 10.0. The maximum Gasteiger partial charge on any atom is 0.417 e. The molecule has 0 aliphatic carbocycles. The predicted molar refractivity (Wildman–Crippen MR) is 78.6 cm³/mol. The van der Waals surface area contributed by atoms with Crippen LogP contribution in [-0.4, -0.2) is 30.3 Å². The molecule has 1 aliphatic rings. The molecule has 2 aromatic rings. The van der Waals surface area contributed by atoms with E-state index >= 15 is 0 Å². The van der Waals surface area contributed by atoms with Crippen LogP contribution in [0.1, 0.15) is 26.7 Å². The molecule has 0 radical (unpaired) electrons. The summed E-state index contributed by atoms with van der Waals surface area (Å²) in [6, 6.07) is 4.52. The van der Waals surface area contributed by atoms with E-state index < -0.39 is 15.8 Å². The fourth-order valence-electron chi connectivity index (χ4n) is 2.95. The van der Waals surface area contributed by atoms with Gasteiger partial charge in [0.05, 0.1) is 10.4 Å². The van der Waals surface area contributed by atoms with Crippen LogP contribution in [0.2, 0.25) is 0 Å². The van der Waals surface area contributed by atoms with E-state index in [1.165, 1.54) is 12.1 Å². The Bertz CT molecular complexity index is 819. The Kier molecular flexibility index (Phi) is 3.41. The first-order valence-corrected chi connectivity index (χ1v) is 8.48. The van der Waals surface area contributed by atoms with Crippen LogP contribution in [0.4, 0.5) is 0 Å². The van der Waals surface area contributed by atoms with Crippen LogP contribution < -0.4 is 5.76 Å². The molecule has 1 N–H and O–H groups in total. The molecular formula is C14H18N2O4S. The van der Waals surface area contributed by atoms with Gasteiger partial charge < -0.3 is 4.42 Å². The molecule has 3 rings (SSSR count). The zero-order valence-corrected chi connectivity index (χ0v) is 12.8. The summed E-state index contributed by atoms with van der Waals surface area (Å²) < 4.78 is 32.1. The second-order valence-electron chi connectivity index (χ2n) is 5.74. The van der Waals surface area contributed by atoms with Gasteiger partial charge in [0.15, 0.2) is 5.58 Å². The SMILES string of the molecule is CC(C)C1CCCN1S(=O)(=O)c1ccc2[nH]c(=O)oc2c1. The van der Waals surface area contributed by atoms with E-state index in [0.717, 1.165) is 12.8 Å². The Balaban J connectivity index is 2.05. The van der Waals surface area contributed by atoms with E-state index in [1.807, 2.05) is 13.8 Å². The van der Waals surface area contributed by atoms with Crippen LogP contribution in [0.3, 0.4) is 0 Å². The number of H-pyrrole nitrogens is 1. The Morgan fingerprint density at radius 3 is 2.86 bits per heavy atom. The highest BCUT2D eigenvalue weighted by Gasteiger charge is 2.36. The highest BCUT2D eigenvalue weighted by atomic mass is 32.2. The van der Waals surface area contributed by atoms with E-state index in [-0.39, 0.29) is 22.4 Å². The number of hydrogen-bond acceptors (Lipinski definition) is 4. The maximum absolute atomic E-state index is 12.8. The van der Waals surface area contributed by atoms with E-state index in [9.17, 15) is 13.2 Å². The van der Waals surface area contributed by atoms with E-state index in [2.05, 4.69) is 4.98 Å². The maximum atomic E-state index is 12.8. The minimum absolute atomic E-state index is 0.0314. The molecule has 7 heteroatoms. The number of hydrogen-bond donors (Lipinski definition) is 1. The fraction of sp³-hybridized carbons (Fsp3) is 0.500. The van der Waals surface area contributed by atoms with Gasteiger partial charge >= 0.3 is 5.76 Å². The summed E-state index contributed by atoms with van der Waals surface area (Å²) in [5.74, 6) is -0.308. The molecule has 6 nitrogen and oxygen atoms in total. The van der Waals surface area contributed by atoms with E-state index in [4.69, 9.17) is 4.42 Å². The minimum Gasteiger partial charge on any atom is -0.408 e. The summed E-state index contributed by atoms with van der Waals surface area (Å²) in [7, 11) is -3.56. The lowest BCUT2D eigenvalue weighted by molar-refractivity contribution is 0.316. The number of sulfonamides is 1. The third-order valence-corrected chi connectivity index (χ3v) is 5.94. The predicted octanol–water partition coefficient (Wildman–Crippen LogP) is 1.93. The van der Waals surface area contributed by atoms with Crippen LogP contribution in [-0.2, 0) is 10.0 Å². The van der Waals surface area contributed by atoms with Crippen molar-refractivity contribution in [2.75, 3.05) is 6.54 Å². The van der Waals surface area contributed by atoms with Crippen molar-refractivity contribution >= 4 is 21.1 Å². The van der Waals surface area contributed by atoms with Gasteiger partial charge in [-0.1, -0.05) is 13.8 Å². The van der Waals surface area contributed by atoms with Crippen LogP contribution >= 0.6 is 0 Å². The zero-order chi connectivity index (χ0) is 15.2. The number of aromatic nitrogens is 1. The summed E-state index contributed by atoms with van der Waals surface area (Å²) in [5.41, 5.74) is 0.766. The molecule has 114 valence electrons. The van der Waals surface area contributed by atoms with Crippen molar-refractivity contribution in [3.05, 3.63) is 28.7 Å². The Labute approximate surface area is 122 Å². The molecule has 2 heterocycles. The van der Waals surface area contributed by atoms with Gasteiger partial charge in [-0.05, 0) is 30.9 Å². The lowest BCUT2D eigenvalue weighted by Crippen LogP contribution is -2.38. The first kappa shape index (κ1) is 14.3. The van der Waals surface area contributed by atoms with Crippen molar-refractivity contribution in [1.29, 1.82) is 0 Å². The number of aromatic amines is 1. The van der Waals surface area contributed by atoms with Gasteiger partial charge in [0.2, 0.25) is 10.0 Å². The summed E-state index contributed by atoms with van der Waals surface area (Å²) in [6.07, 6.45) is 1.77. The monoisotopic (exact) mass is 310 g/mol. The topological polar surface area (TPSA) is 83.4 Å². The van der Waals surface area contributed by atoms with E-state index in [1.54, 1.807) is 10.4 Å². The molecule has 0 amide bonds. The quantitative estimate of drug-likeness (QED) is 0.939. The van der Waals surface area contributed by atoms with Gasteiger partial charge in [-0.2, -0.15) is 4.31 Å². The summed E-state index contributed by atoms with van der Waals surface area (Å²) in [4.78, 5) is 13.8. The zero-order valence-electron chi connectivity index (χ0n) is 12.0. The average molecular weight is 310 g/mol. The van der Waals surface area contributed by atoms with Crippen molar-refractivity contribution in [2.45, 2.75) is 37.6 Å². The van der Waals surface area contributed by atoms with Crippen LogP contribution in [0.25, 0.3) is 11.1 Å². The number of fused-ring (bicyclic) bond motifs is 1. The molecule has 1 unspecified atom stereocenters. The molecule has 1 aromatic carbocycles. The number of oxazole rings is 1. The van der Waals surface area contributed by atoms with Crippen molar-refractivity contribution in [3.8, 4) is 0 Å². The minimum atomic E-state index is -3.56. The van der Waals surface area contributed by atoms with Crippen LogP contribution in [0.5, 0.6) is 0 Å². The molecule has 1 saturated heterocycles. The van der Waals surface area contributed by atoms with Gasteiger partial charge in [-0.25, -0.2) is 13.2 Å². The largest absolute Gasteiger partial charge is 0.417 e. The Hall–Kier alpha value is -1.60. The first-order valence-electron chi connectivity index (χ1n) is 7.04. The van der Waals surface area contributed by atoms with Gasteiger partial charge in [0, 0.05) is 18.7 Å². The molecule has 1 fully saturated rings. The molecule has 0 bridgehead atoms. The second-order valence-corrected chi connectivity index (χ2v) is 7.63. The first-order chi connectivity index (χ1) is 9.89. The smallest absolute Gasteiger partial charge is 0.408 e. The molecular weight excluding hydrogens is 292 g/mol. The number of nitrogens with zero attached hydrogens (tertiary/aromatic N) is 1. The van der Waals surface area contributed by atoms with Crippen LogP contribution in [0, 0.1) is 5.92 Å². The molecule has 0 spiro atoms. The van der Waals surface area contributed by atoms with Crippen LogP contribution in [0.15, 0.2) is 32.3 Å². The van der Waals surface area contributed by atoms with Crippen molar-refractivity contribution < 1.29 is 12.8 Å². The normalized spacial score (nSPS) is 20.6. The third-order valence-electron chi connectivity index (χ3n) is 4.02. The molecule has 1 aliphatic heterocycles. The molecule has 1 aromatic heterocycles. The highest BCUT2D eigenvalue weighted by Crippen LogP contribution is 2.30. The number of nitrogens with one attached hydrogen (secondary N) is 1. The average Bonchev–Trinajstić information content (AvgIpc) is 3.02. The van der Waals surface area contributed by atoms with Gasteiger partial charge in [-0.3, -0.25) is 4.98 Å². The summed E-state index contributed by atoms with van der Waals surface area (Å²) in [5, 5.41) is 0. The van der Waals surface area contributed by atoms with Gasteiger partial charge in [0.25, 0.3) is 0 Å². The standard InChI is InChI=1S/C14H18N2O4S/c1-9(2)12-4-3-7-16(12)21(18,19)10-5-6-11-13(8-10)20-14(17)15-11/h5-6,8-9,12H,3-4,7H2,1-2H3,(H,15,17). The fourth-order valence-corrected chi connectivity index (χ4v) is 4.79. The molecule has 1 atom stereocenters. The third kappa shape index (κ3) is 2.40. The summed E-state index contributed by atoms with van der Waals surface area (Å²) >= 11 is 0. The molecule has 21 heavy (non-hydrogen) atoms. The lowest BCUT2D eigenvalue weighted by Gasteiger charge is -2.26. The summed E-state index contributed by atoms with van der Waals surface area (Å²) in [6.45, 7) is 4.61. The van der Waals surface area contributed by atoms with Crippen molar-refractivity contribution in [1.82, 2.24) is 9.29 Å². The van der Waals surface area contributed by atoms with Crippen molar-refractivity contribution in [3.63, 3.8) is 0 Å². The van der Waals surface area contributed by atoms with Gasteiger partial charge in [0.1, 0.15) is 0 Å². The highest BCUT2D eigenvalue weighted by molar-refractivity contribution is 7.89. The van der Waals surface area contributed by atoms with Gasteiger partial charge in [-0.15, -0.1) is 0 Å². The molecule has 0 saturated carbocycles. The Morgan fingerprint density at radius 2 is 2.14 bits per heavy atom. The van der Waals surface area contributed by atoms with E-state index in [0.29, 0.717) is 12.1 Å². The second kappa shape index (κ2) is 4.99. The van der Waals surface area contributed by atoms with Crippen molar-refractivity contribution in [2.24, 2.45) is 5.92 Å². The Morgan fingerprint density at radius 1 is 1.38 bits per heavy atom.